The van der Waals surface area contributed by atoms with Crippen LogP contribution in [0.5, 0.6) is 0 Å². The fourth-order valence-corrected chi connectivity index (χ4v) is 4.98. The molecule has 29 heavy (non-hydrogen) atoms. The summed E-state index contributed by atoms with van der Waals surface area (Å²) in [6.45, 7) is 12.1. The molecule has 2 saturated heterocycles. The highest BCUT2D eigenvalue weighted by atomic mass is 16.7. The highest BCUT2D eigenvalue weighted by Gasteiger charge is 2.58. The predicted molar refractivity (Wildman–Crippen MR) is 116 cm³/mol. The quantitative estimate of drug-likeness (QED) is 0.767. The van der Waals surface area contributed by atoms with Gasteiger partial charge in [0.05, 0.1) is 18.2 Å². The van der Waals surface area contributed by atoms with E-state index in [1.54, 1.807) is 0 Å². The number of likely N-dealkylation sites (tertiary alicyclic amines) is 1. The van der Waals surface area contributed by atoms with Crippen molar-refractivity contribution >= 4 is 0 Å². The van der Waals surface area contributed by atoms with Crippen LogP contribution in [0.3, 0.4) is 0 Å². The predicted octanol–water partition coefficient (Wildman–Crippen LogP) is 4.36. The molecule has 4 nitrogen and oxygen atoms in total. The van der Waals surface area contributed by atoms with Crippen LogP contribution in [0.15, 0.2) is 73.3 Å². The van der Waals surface area contributed by atoms with Crippen molar-refractivity contribution in [2.75, 3.05) is 13.1 Å². The van der Waals surface area contributed by atoms with Crippen LogP contribution in [0.4, 0.5) is 0 Å². The standard InChI is InChI=1S/C25H32N2O2/c1-5-16-26-17-20-21(22(26)23(28)18-12-8-6-9-13-18)27(25(2,3)4)29-24(20)19-14-10-7-11-15-19/h5-15,20-24,28H,1,16-17H2,2-4H3/t20-,21-,22-,23-,24+/m0/s1. The number of rotatable bonds is 5. The molecular weight excluding hydrogens is 360 g/mol. The Kier molecular flexibility index (Phi) is 5.63. The van der Waals surface area contributed by atoms with Gasteiger partial charge in [-0.15, -0.1) is 6.58 Å². The summed E-state index contributed by atoms with van der Waals surface area (Å²) in [5.74, 6) is 0.278. The van der Waals surface area contributed by atoms with Gasteiger partial charge < -0.3 is 5.11 Å². The maximum atomic E-state index is 11.4. The Balaban J connectivity index is 1.75. The first-order valence-electron chi connectivity index (χ1n) is 10.5. The van der Waals surface area contributed by atoms with Crippen molar-refractivity contribution in [1.29, 1.82) is 0 Å². The lowest BCUT2D eigenvalue weighted by molar-refractivity contribution is -0.226. The molecule has 2 heterocycles. The van der Waals surface area contributed by atoms with Gasteiger partial charge in [-0.25, -0.2) is 0 Å². The average Bonchev–Trinajstić information content (AvgIpc) is 3.25. The Bertz CT molecular complexity index is 818. The second kappa shape index (κ2) is 8.04. The van der Waals surface area contributed by atoms with Gasteiger partial charge in [0.2, 0.25) is 0 Å². The molecule has 0 amide bonds. The first kappa shape index (κ1) is 20.3. The largest absolute Gasteiger partial charge is 0.387 e. The Morgan fingerprint density at radius 1 is 1.10 bits per heavy atom. The van der Waals surface area contributed by atoms with Crippen LogP contribution in [0.2, 0.25) is 0 Å². The lowest BCUT2D eigenvalue weighted by Crippen LogP contribution is -2.52. The third kappa shape index (κ3) is 3.78. The molecule has 4 heteroatoms. The van der Waals surface area contributed by atoms with Crippen molar-refractivity contribution in [3.63, 3.8) is 0 Å². The van der Waals surface area contributed by atoms with Crippen LogP contribution in [0.25, 0.3) is 0 Å². The number of hydrogen-bond acceptors (Lipinski definition) is 4. The van der Waals surface area contributed by atoms with Gasteiger partial charge >= 0.3 is 0 Å². The summed E-state index contributed by atoms with van der Waals surface area (Å²) in [7, 11) is 0. The molecule has 0 aromatic heterocycles. The molecule has 2 aromatic carbocycles. The van der Waals surface area contributed by atoms with Crippen molar-refractivity contribution in [2.45, 2.75) is 50.6 Å². The Morgan fingerprint density at radius 3 is 2.31 bits per heavy atom. The molecular formula is C25H32N2O2. The summed E-state index contributed by atoms with van der Waals surface area (Å²) in [5, 5.41) is 13.6. The van der Waals surface area contributed by atoms with Crippen LogP contribution >= 0.6 is 0 Å². The number of fused-ring (bicyclic) bond motifs is 1. The monoisotopic (exact) mass is 392 g/mol. The molecule has 2 aliphatic heterocycles. The van der Waals surface area contributed by atoms with E-state index in [4.69, 9.17) is 4.84 Å². The van der Waals surface area contributed by atoms with E-state index in [0.717, 1.165) is 18.7 Å². The lowest BCUT2D eigenvalue weighted by Gasteiger charge is -2.40. The third-order valence-electron chi connectivity index (χ3n) is 6.16. The summed E-state index contributed by atoms with van der Waals surface area (Å²) >= 11 is 0. The summed E-state index contributed by atoms with van der Waals surface area (Å²) in [6, 6.07) is 20.5. The highest BCUT2D eigenvalue weighted by molar-refractivity contribution is 5.25. The zero-order valence-corrected chi connectivity index (χ0v) is 17.6. The highest BCUT2D eigenvalue weighted by Crippen LogP contribution is 2.50. The van der Waals surface area contributed by atoms with Gasteiger partial charge in [-0.05, 0) is 31.9 Å². The topological polar surface area (TPSA) is 35.9 Å². The van der Waals surface area contributed by atoms with Gasteiger partial charge in [0.1, 0.15) is 6.10 Å². The van der Waals surface area contributed by atoms with Gasteiger partial charge in [-0.2, -0.15) is 5.06 Å². The van der Waals surface area contributed by atoms with Crippen LogP contribution in [-0.4, -0.2) is 45.8 Å². The van der Waals surface area contributed by atoms with Gasteiger partial charge in [0, 0.05) is 24.5 Å². The minimum atomic E-state index is -0.589. The Morgan fingerprint density at radius 2 is 1.72 bits per heavy atom. The number of aliphatic hydroxyl groups is 1. The number of hydrogen-bond donors (Lipinski definition) is 1. The summed E-state index contributed by atoms with van der Waals surface area (Å²) in [5.41, 5.74) is 1.97. The lowest BCUT2D eigenvalue weighted by atomic mass is 9.86. The van der Waals surface area contributed by atoms with Crippen molar-refractivity contribution in [1.82, 2.24) is 9.96 Å². The summed E-state index contributed by atoms with van der Waals surface area (Å²) in [6.07, 6.45) is 1.33. The van der Waals surface area contributed by atoms with Gasteiger partial charge in [0.25, 0.3) is 0 Å². The van der Waals surface area contributed by atoms with Gasteiger partial charge in [-0.3, -0.25) is 9.74 Å². The molecule has 0 spiro atoms. The third-order valence-corrected chi connectivity index (χ3v) is 6.16. The van der Waals surface area contributed by atoms with Crippen molar-refractivity contribution in [3.05, 3.63) is 84.4 Å². The smallest absolute Gasteiger partial charge is 0.110 e. The van der Waals surface area contributed by atoms with Gasteiger partial charge in [0.15, 0.2) is 0 Å². The molecule has 0 saturated carbocycles. The Labute approximate surface area is 174 Å². The number of nitrogens with zero attached hydrogens (tertiary/aromatic N) is 2. The fourth-order valence-electron chi connectivity index (χ4n) is 4.98. The number of benzene rings is 2. The van der Waals surface area contributed by atoms with E-state index in [2.05, 4.69) is 61.6 Å². The van der Waals surface area contributed by atoms with E-state index in [0.29, 0.717) is 0 Å². The van der Waals surface area contributed by atoms with Crippen LogP contribution in [-0.2, 0) is 4.84 Å². The number of hydroxylamine groups is 2. The maximum absolute atomic E-state index is 11.4. The van der Waals surface area contributed by atoms with E-state index in [1.165, 1.54) is 5.56 Å². The van der Waals surface area contributed by atoms with Crippen LogP contribution < -0.4 is 0 Å². The molecule has 4 rings (SSSR count). The normalized spacial score (nSPS) is 29.0. The average molecular weight is 393 g/mol. The zero-order chi connectivity index (χ0) is 20.6. The Hall–Kier alpha value is -1.98. The van der Waals surface area contributed by atoms with E-state index in [1.807, 2.05) is 42.5 Å². The first-order valence-corrected chi connectivity index (χ1v) is 10.5. The zero-order valence-electron chi connectivity index (χ0n) is 17.6. The molecule has 0 bridgehead atoms. The minimum absolute atomic E-state index is 0.0132. The maximum Gasteiger partial charge on any atom is 0.110 e. The van der Waals surface area contributed by atoms with Crippen LogP contribution in [0, 0.1) is 5.92 Å². The van der Waals surface area contributed by atoms with Gasteiger partial charge in [-0.1, -0.05) is 66.7 Å². The second-order valence-electron chi connectivity index (χ2n) is 9.18. The first-order chi connectivity index (χ1) is 13.9. The molecule has 2 fully saturated rings. The molecule has 0 unspecified atom stereocenters. The summed E-state index contributed by atoms with van der Waals surface area (Å²) < 4.78 is 0. The molecule has 0 radical (unpaired) electrons. The van der Waals surface area contributed by atoms with E-state index < -0.39 is 6.10 Å². The molecule has 1 N–H and O–H groups in total. The SMILES string of the molecule is C=CCN1C[C@H]2[C@@H]([C@H]1[C@@H](O)c1ccccc1)N(C(C)(C)C)O[C@@H]2c1ccccc1. The summed E-state index contributed by atoms with van der Waals surface area (Å²) in [4.78, 5) is 8.96. The van der Waals surface area contributed by atoms with Crippen LogP contribution in [0.1, 0.15) is 44.1 Å². The van der Waals surface area contributed by atoms with E-state index in [-0.39, 0.29) is 29.6 Å². The fraction of sp³-hybridized carbons (Fsp3) is 0.440. The van der Waals surface area contributed by atoms with E-state index >= 15 is 0 Å². The molecule has 154 valence electrons. The van der Waals surface area contributed by atoms with E-state index in [9.17, 15) is 5.11 Å². The van der Waals surface area contributed by atoms with Crippen molar-refractivity contribution in [3.8, 4) is 0 Å². The molecule has 2 aliphatic rings. The molecule has 0 aliphatic carbocycles. The van der Waals surface area contributed by atoms with Crippen molar-refractivity contribution < 1.29 is 9.94 Å². The molecule has 5 atom stereocenters. The minimum Gasteiger partial charge on any atom is -0.387 e. The number of aliphatic hydroxyl groups excluding tert-OH is 1. The van der Waals surface area contributed by atoms with Crippen molar-refractivity contribution in [2.24, 2.45) is 5.92 Å². The second-order valence-corrected chi connectivity index (χ2v) is 9.18. The molecule has 2 aromatic rings.